The van der Waals surface area contributed by atoms with Gasteiger partial charge < -0.3 is 9.80 Å². The first-order valence-corrected chi connectivity index (χ1v) is 3.39. The first-order valence-electron chi connectivity index (χ1n) is 3.39. The highest BCUT2D eigenvalue weighted by Crippen LogP contribution is 2.07. The molecule has 0 aliphatic carbocycles. The minimum atomic E-state index is 0.204. The summed E-state index contributed by atoms with van der Waals surface area (Å²) in [4.78, 5) is 23.9. The Kier molecular flexibility index (Phi) is 3.84. The molecular formula is C8H12N2O2. The lowest BCUT2D eigenvalue weighted by Gasteiger charge is -2.18. The Morgan fingerprint density at radius 3 is 1.17 bits per heavy atom. The summed E-state index contributed by atoms with van der Waals surface area (Å²) >= 11 is 0. The molecule has 66 valence electrons. The minimum Gasteiger partial charge on any atom is -0.366 e. The van der Waals surface area contributed by atoms with Crippen molar-refractivity contribution in [2.45, 2.75) is 0 Å². The number of nitrogens with zero attached hydrogens (tertiary/aromatic N) is 2. The number of carbonyl (C=O) groups excluding carboxylic acids is 2. The standard InChI is InChI=1S/C8H12N2O2/c1-9(2)7(5-11)8(6-12)10(3)4/h1-4H3. The molecule has 0 aliphatic heterocycles. The Balaban J connectivity index is 5.00. The molecule has 0 N–H and O–H groups in total. The minimum absolute atomic E-state index is 0.204. The molecule has 0 aromatic heterocycles. The molecule has 0 heterocycles. The predicted molar refractivity (Wildman–Crippen MR) is 45.8 cm³/mol. The fraction of sp³-hybridized carbons (Fsp3) is 0.500. The van der Waals surface area contributed by atoms with Gasteiger partial charge in [0.1, 0.15) is 0 Å². The largest absolute Gasteiger partial charge is 0.366 e. The van der Waals surface area contributed by atoms with Crippen molar-refractivity contribution in [2.24, 2.45) is 0 Å². The van der Waals surface area contributed by atoms with Crippen LogP contribution in [0.4, 0.5) is 0 Å². The third-order valence-electron chi connectivity index (χ3n) is 1.31. The lowest BCUT2D eigenvalue weighted by Crippen LogP contribution is -2.22. The van der Waals surface area contributed by atoms with E-state index in [2.05, 4.69) is 0 Å². The van der Waals surface area contributed by atoms with Crippen LogP contribution >= 0.6 is 0 Å². The van der Waals surface area contributed by atoms with Crippen LogP contribution < -0.4 is 0 Å². The van der Waals surface area contributed by atoms with E-state index in [1.165, 1.54) is 9.80 Å². The van der Waals surface area contributed by atoms with Crippen molar-refractivity contribution >= 4 is 11.9 Å². The molecule has 12 heavy (non-hydrogen) atoms. The van der Waals surface area contributed by atoms with Crippen molar-refractivity contribution in [2.75, 3.05) is 28.2 Å². The summed E-state index contributed by atoms with van der Waals surface area (Å²) in [7, 11) is 6.67. The van der Waals surface area contributed by atoms with Gasteiger partial charge in [-0.15, -0.1) is 0 Å². The van der Waals surface area contributed by atoms with Crippen molar-refractivity contribution in [3.63, 3.8) is 0 Å². The van der Waals surface area contributed by atoms with Crippen molar-refractivity contribution in [3.8, 4) is 0 Å². The highest BCUT2D eigenvalue weighted by molar-refractivity contribution is 5.69. The Labute approximate surface area is 71.8 Å². The van der Waals surface area contributed by atoms with Gasteiger partial charge in [0.25, 0.3) is 0 Å². The van der Waals surface area contributed by atoms with Crippen LogP contribution in [0.1, 0.15) is 0 Å². The van der Waals surface area contributed by atoms with Crippen LogP contribution in [0, 0.1) is 0 Å². The molecule has 0 fully saturated rings. The van der Waals surface area contributed by atoms with Gasteiger partial charge in [0.2, 0.25) is 0 Å². The fourth-order valence-electron chi connectivity index (χ4n) is 0.703. The predicted octanol–water partition coefficient (Wildman–Crippen LogP) is -0.459. The van der Waals surface area contributed by atoms with Crippen LogP contribution in [-0.4, -0.2) is 49.9 Å². The molecule has 0 spiro atoms. The van der Waals surface area contributed by atoms with Crippen LogP contribution in [0.25, 0.3) is 0 Å². The summed E-state index contributed by atoms with van der Waals surface area (Å²) in [5.74, 6) is 3.37. The number of hydrogen-bond acceptors (Lipinski definition) is 4. The Morgan fingerprint density at radius 2 is 1.08 bits per heavy atom. The smallest absolute Gasteiger partial charge is 0.157 e. The highest BCUT2D eigenvalue weighted by atomic mass is 16.1. The maximum atomic E-state index is 10.4. The summed E-state index contributed by atoms with van der Waals surface area (Å²) in [5, 5.41) is 0. The summed E-state index contributed by atoms with van der Waals surface area (Å²) in [6, 6.07) is 0. The Bertz CT molecular complexity index is 228. The first kappa shape index (κ1) is 10.5. The quantitative estimate of drug-likeness (QED) is 0.422. The molecule has 0 atom stereocenters. The summed E-state index contributed by atoms with van der Waals surface area (Å²) < 4.78 is 0. The van der Waals surface area contributed by atoms with Gasteiger partial charge in [0, 0.05) is 28.2 Å². The molecule has 0 aliphatic rings. The van der Waals surface area contributed by atoms with E-state index < -0.39 is 0 Å². The zero-order valence-corrected chi connectivity index (χ0v) is 7.71. The van der Waals surface area contributed by atoms with Gasteiger partial charge in [-0.25, -0.2) is 9.59 Å². The Hall–Kier alpha value is -1.50. The third-order valence-corrected chi connectivity index (χ3v) is 1.31. The summed E-state index contributed by atoms with van der Waals surface area (Å²) in [6.07, 6.45) is 0. The van der Waals surface area contributed by atoms with Crippen LogP contribution in [0.3, 0.4) is 0 Å². The van der Waals surface area contributed by atoms with Gasteiger partial charge in [-0.05, 0) is 0 Å². The van der Waals surface area contributed by atoms with E-state index in [9.17, 15) is 9.59 Å². The summed E-state index contributed by atoms with van der Waals surface area (Å²) in [5.41, 5.74) is 0.407. The average molecular weight is 168 g/mol. The maximum Gasteiger partial charge on any atom is 0.157 e. The molecule has 0 unspecified atom stereocenters. The number of hydrogen-bond donors (Lipinski definition) is 0. The molecule has 4 nitrogen and oxygen atoms in total. The second-order valence-corrected chi connectivity index (χ2v) is 2.69. The zero-order valence-electron chi connectivity index (χ0n) is 7.71. The van der Waals surface area contributed by atoms with Gasteiger partial charge >= 0.3 is 0 Å². The maximum absolute atomic E-state index is 10.4. The molecule has 0 saturated carbocycles. The lowest BCUT2D eigenvalue weighted by molar-refractivity contribution is 0.441. The first-order chi connectivity index (χ1) is 5.54. The molecule has 0 amide bonds. The van der Waals surface area contributed by atoms with E-state index in [-0.39, 0.29) is 11.4 Å². The second kappa shape index (κ2) is 4.39. The monoisotopic (exact) mass is 168 g/mol. The van der Waals surface area contributed by atoms with Crippen LogP contribution in [-0.2, 0) is 9.59 Å². The van der Waals surface area contributed by atoms with E-state index in [1.54, 1.807) is 40.1 Å². The molecule has 4 heteroatoms. The molecule has 0 saturated heterocycles. The molecule has 0 aromatic rings. The van der Waals surface area contributed by atoms with E-state index in [4.69, 9.17) is 0 Å². The lowest BCUT2D eigenvalue weighted by atomic mass is 10.3. The molecule has 0 rings (SSSR count). The van der Waals surface area contributed by atoms with Crippen molar-refractivity contribution < 1.29 is 9.59 Å². The van der Waals surface area contributed by atoms with E-state index in [0.29, 0.717) is 0 Å². The molecule has 0 radical (unpaired) electrons. The van der Waals surface area contributed by atoms with E-state index in [0.717, 1.165) is 0 Å². The van der Waals surface area contributed by atoms with Crippen molar-refractivity contribution in [1.29, 1.82) is 0 Å². The number of rotatable bonds is 3. The molecule has 0 aromatic carbocycles. The van der Waals surface area contributed by atoms with Gasteiger partial charge in [0.15, 0.2) is 23.3 Å². The summed E-state index contributed by atoms with van der Waals surface area (Å²) in [6.45, 7) is 0. The number of likely N-dealkylation sites (N-methyl/N-ethyl adjacent to an activating group) is 2. The molecule has 0 bridgehead atoms. The normalized spacial score (nSPS) is 8.00. The van der Waals surface area contributed by atoms with Gasteiger partial charge in [0.05, 0.1) is 0 Å². The van der Waals surface area contributed by atoms with Gasteiger partial charge in [-0.2, -0.15) is 0 Å². The SMILES string of the molecule is CN(C)C(=C=O)C(=C=O)N(C)C. The van der Waals surface area contributed by atoms with Crippen LogP contribution in [0.5, 0.6) is 0 Å². The van der Waals surface area contributed by atoms with Gasteiger partial charge in [-0.3, -0.25) is 0 Å². The fourth-order valence-corrected chi connectivity index (χ4v) is 0.703. The average Bonchev–Trinajstić information content (AvgIpc) is 1.98. The van der Waals surface area contributed by atoms with Crippen molar-refractivity contribution in [1.82, 2.24) is 9.80 Å². The third kappa shape index (κ3) is 2.27. The molecular weight excluding hydrogens is 156 g/mol. The Morgan fingerprint density at radius 1 is 0.833 bits per heavy atom. The van der Waals surface area contributed by atoms with Crippen LogP contribution in [0.2, 0.25) is 0 Å². The topological polar surface area (TPSA) is 40.6 Å². The van der Waals surface area contributed by atoms with E-state index >= 15 is 0 Å². The second-order valence-electron chi connectivity index (χ2n) is 2.69. The van der Waals surface area contributed by atoms with Gasteiger partial charge in [-0.1, -0.05) is 0 Å². The zero-order chi connectivity index (χ0) is 9.72. The van der Waals surface area contributed by atoms with E-state index in [1.807, 2.05) is 0 Å². The van der Waals surface area contributed by atoms with Crippen molar-refractivity contribution in [3.05, 3.63) is 11.4 Å². The van der Waals surface area contributed by atoms with Crippen LogP contribution in [0.15, 0.2) is 11.4 Å². The highest BCUT2D eigenvalue weighted by Gasteiger charge is 2.11.